The van der Waals surface area contributed by atoms with Gasteiger partial charge in [0, 0.05) is 6.54 Å². The number of nitrogens with zero attached hydrogens (tertiary/aromatic N) is 3. The third-order valence-corrected chi connectivity index (χ3v) is 5.35. The van der Waals surface area contributed by atoms with Crippen LogP contribution in [-0.2, 0) is 4.79 Å². The summed E-state index contributed by atoms with van der Waals surface area (Å²) >= 11 is 12.2. The summed E-state index contributed by atoms with van der Waals surface area (Å²) in [6.07, 6.45) is 1.53. The number of aryl methyl sites for hydroxylation is 1. The van der Waals surface area contributed by atoms with Crippen LogP contribution in [-0.4, -0.2) is 39.6 Å². The molecule has 1 N–H and O–H groups in total. The molecule has 0 bridgehead atoms. The number of amides is 2. The third kappa shape index (κ3) is 4.66. The molecular weight excluding hydrogens is 423 g/mol. The van der Waals surface area contributed by atoms with Crippen molar-refractivity contribution in [2.45, 2.75) is 20.8 Å². The number of aromatic nitrogens is 2. The summed E-state index contributed by atoms with van der Waals surface area (Å²) in [7, 11) is 0. The van der Waals surface area contributed by atoms with E-state index in [2.05, 4.69) is 10.4 Å². The summed E-state index contributed by atoms with van der Waals surface area (Å²) in [6.45, 7) is 5.87. The number of hydrogen-bond donors (Lipinski definition) is 1. The molecule has 2 amide bonds. The first-order valence-corrected chi connectivity index (χ1v) is 10.2. The first-order chi connectivity index (χ1) is 14.3. The average Bonchev–Trinajstić information content (AvgIpc) is 3.10. The van der Waals surface area contributed by atoms with Gasteiger partial charge in [0.05, 0.1) is 38.9 Å². The van der Waals surface area contributed by atoms with Crippen LogP contribution in [0.25, 0.3) is 5.69 Å². The van der Waals surface area contributed by atoms with Gasteiger partial charge in [0.2, 0.25) is 5.91 Å². The molecule has 3 rings (SSSR count). The van der Waals surface area contributed by atoms with Crippen molar-refractivity contribution in [3.63, 3.8) is 0 Å². The van der Waals surface area contributed by atoms with Crippen molar-refractivity contribution in [2.24, 2.45) is 0 Å². The molecule has 30 heavy (non-hydrogen) atoms. The molecule has 0 aliphatic rings. The number of halogens is 2. The van der Waals surface area contributed by atoms with Crippen LogP contribution in [0.4, 0.5) is 5.69 Å². The van der Waals surface area contributed by atoms with Crippen LogP contribution in [0.2, 0.25) is 10.0 Å². The van der Waals surface area contributed by atoms with E-state index < -0.39 is 0 Å². The summed E-state index contributed by atoms with van der Waals surface area (Å²) in [5.41, 5.74) is 3.46. The van der Waals surface area contributed by atoms with E-state index in [9.17, 15) is 9.59 Å². The van der Waals surface area contributed by atoms with Gasteiger partial charge in [-0.2, -0.15) is 5.10 Å². The molecule has 1 heterocycles. The predicted molar refractivity (Wildman–Crippen MR) is 120 cm³/mol. The molecule has 8 heteroatoms. The minimum absolute atomic E-state index is 0.133. The van der Waals surface area contributed by atoms with Crippen molar-refractivity contribution in [1.82, 2.24) is 14.7 Å². The minimum Gasteiger partial charge on any atom is -0.329 e. The largest absolute Gasteiger partial charge is 0.329 e. The first kappa shape index (κ1) is 21.9. The normalized spacial score (nSPS) is 10.7. The highest BCUT2D eigenvalue weighted by molar-refractivity contribution is 6.39. The molecule has 0 unspecified atom stereocenters. The van der Waals surface area contributed by atoms with Crippen molar-refractivity contribution in [1.29, 1.82) is 0 Å². The Kier molecular flexibility index (Phi) is 6.80. The van der Waals surface area contributed by atoms with Crippen LogP contribution in [0.15, 0.2) is 48.7 Å². The monoisotopic (exact) mass is 444 g/mol. The van der Waals surface area contributed by atoms with Crippen LogP contribution in [0.5, 0.6) is 0 Å². The van der Waals surface area contributed by atoms with Gasteiger partial charge in [-0.15, -0.1) is 0 Å². The molecule has 0 radical (unpaired) electrons. The lowest BCUT2D eigenvalue weighted by Gasteiger charge is -2.20. The Morgan fingerprint density at radius 1 is 1.10 bits per heavy atom. The number of carbonyl (C=O) groups is 2. The number of para-hydroxylation sites is 1. The zero-order chi connectivity index (χ0) is 21.8. The van der Waals surface area contributed by atoms with E-state index >= 15 is 0 Å². The first-order valence-electron chi connectivity index (χ1n) is 9.46. The van der Waals surface area contributed by atoms with Gasteiger partial charge in [-0.1, -0.05) is 41.4 Å². The molecule has 0 aliphatic carbocycles. The number of benzene rings is 2. The topological polar surface area (TPSA) is 67.2 Å². The van der Waals surface area contributed by atoms with Gasteiger partial charge >= 0.3 is 0 Å². The van der Waals surface area contributed by atoms with Crippen LogP contribution in [0.1, 0.15) is 28.5 Å². The fraction of sp³-hybridized carbons (Fsp3) is 0.227. The van der Waals surface area contributed by atoms with E-state index in [-0.39, 0.29) is 18.4 Å². The molecule has 2 aromatic carbocycles. The van der Waals surface area contributed by atoms with Gasteiger partial charge in [0.15, 0.2) is 0 Å². The highest BCUT2D eigenvalue weighted by Crippen LogP contribution is 2.29. The van der Waals surface area contributed by atoms with Crippen LogP contribution >= 0.6 is 23.2 Å². The van der Waals surface area contributed by atoms with E-state index in [1.54, 1.807) is 22.9 Å². The van der Waals surface area contributed by atoms with Gasteiger partial charge in [0.1, 0.15) is 6.54 Å². The second-order valence-electron chi connectivity index (χ2n) is 6.86. The number of anilines is 1. The number of nitrogens with one attached hydrogen (secondary N) is 1. The lowest BCUT2D eigenvalue weighted by Crippen LogP contribution is -2.38. The van der Waals surface area contributed by atoms with Crippen molar-refractivity contribution in [3.8, 4) is 5.69 Å². The molecule has 0 atom stereocenters. The summed E-state index contributed by atoms with van der Waals surface area (Å²) < 4.78 is 1.72. The third-order valence-electron chi connectivity index (χ3n) is 4.72. The zero-order valence-corrected chi connectivity index (χ0v) is 18.5. The van der Waals surface area contributed by atoms with Gasteiger partial charge in [-0.05, 0) is 50.6 Å². The molecule has 0 saturated heterocycles. The van der Waals surface area contributed by atoms with Gasteiger partial charge in [-0.25, -0.2) is 4.68 Å². The Hall–Kier alpha value is -2.83. The van der Waals surface area contributed by atoms with Crippen molar-refractivity contribution in [3.05, 3.63) is 75.5 Å². The number of likely N-dealkylation sites (N-methyl/N-ethyl adjacent to an activating group) is 1. The maximum Gasteiger partial charge on any atom is 0.257 e. The molecule has 0 saturated carbocycles. The number of rotatable bonds is 6. The molecule has 3 aromatic rings. The second-order valence-corrected chi connectivity index (χ2v) is 7.67. The standard InChI is InChI=1S/C22H22Cl2N4O2/c1-4-27(13-20(29)26-21-18(23)9-6-10-19(21)24)22(30)17-12-25-28(15(17)3)16-8-5-7-14(2)11-16/h5-12H,4,13H2,1-3H3,(H,26,29). The summed E-state index contributed by atoms with van der Waals surface area (Å²) in [4.78, 5) is 27.0. The highest BCUT2D eigenvalue weighted by atomic mass is 35.5. The lowest BCUT2D eigenvalue weighted by molar-refractivity contribution is -0.116. The summed E-state index contributed by atoms with van der Waals surface area (Å²) in [5.74, 6) is -0.654. The number of hydrogen-bond acceptors (Lipinski definition) is 3. The Balaban J connectivity index is 1.77. The van der Waals surface area contributed by atoms with Gasteiger partial charge in [0.25, 0.3) is 5.91 Å². The maximum absolute atomic E-state index is 13.1. The van der Waals surface area contributed by atoms with E-state index in [4.69, 9.17) is 23.2 Å². The SMILES string of the molecule is CCN(CC(=O)Nc1c(Cl)cccc1Cl)C(=O)c1cnn(-c2cccc(C)c2)c1C. The van der Waals surface area contributed by atoms with Crippen LogP contribution < -0.4 is 5.32 Å². The number of carbonyl (C=O) groups excluding carboxylic acids is 2. The Morgan fingerprint density at radius 3 is 2.40 bits per heavy atom. The van der Waals surface area contributed by atoms with Gasteiger partial charge in [-0.3, -0.25) is 9.59 Å². The summed E-state index contributed by atoms with van der Waals surface area (Å²) in [6, 6.07) is 12.8. The fourth-order valence-corrected chi connectivity index (χ4v) is 3.60. The van der Waals surface area contributed by atoms with E-state index in [0.29, 0.717) is 33.5 Å². The smallest absolute Gasteiger partial charge is 0.257 e. The minimum atomic E-state index is -0.385. The molecule has 0 fully saturated rings. The fourth-order valence-electron chi connectivity index (χ4n) is 3.11. The molecular formula is C22H22Cl2N4O2. The molecule has 0 aliphatic heterocycles. The van der Waals surface area contributed by atoms with E-state index in [1.807, 2.05) is 45.0 Å². The predicted octanol–water partition coefficient (Wildman–Crippen LogP) is 4.90. The average molecular weight is 445 g/mol. The lowest BCUT2D eigenvalue weighted by atomic mass is 10.2. The Morgan fingerprint density at radius 2 is 1.77 bits per heavy atom. The molecule has 0 spiro atoms. The zero-order valence-electron chi connectivity index (χ0n) is 16.9. The van der Waals surface area contributed by atoms with Crippen molar-refractivity contribution >= 4 is 40.7 Å². The van der Waals surface area contributed by atoms with E-state index in [1.165, 1.54) is 11.1 Å². The van der Waals surface area contributed by atoms with Crippen molar-refractivity contribution in [2.75, 3.05) is 18.4 Å². The van der Waals surface area contributed by atoms with Crippen LogP contribution in [0, 0.1) is 13.8 Å². The molecule has 1 aromatic heterocycles. The summed E-state index contributed by atoms with van der Waals surface area (Å²) in [5, 5.41) is 7.72. The maximum atomic E-state index is 13.1. The second kappa shape index (κ2) is 9.32. The van der Waals surface area contributed by atoms with E-state index in [0.717, 1.165) is 11.3 Å². The Bertz CT molecular complexity index is 1070. The molecule has 156 valence electrons. The van der Waals surface area contributed by atoms with Gasteiger partial charge < -0.3 is 10.2 Å². The van der Waals surface area contributed by atoms with Crippen LogP contribution in [0.3, 0.4) is 0 Å². The Labute approximate surface area is 185 Å². The highest BCUT2D eigenvalue weighted by Gasteiger charge is 2.23. The molecule has 6 nitrogen and oxygen atoms in total. The van der Waals surface area contributed by atoms with Crippen molar-refractivity contribution < 1.29 is 9.59 Å². The quantitative estimate of drug-likeness (QED) is 0.587.